The SMILES string of the molecule is O=C([C@H]1C=C[C@H](c2ccc3c(c2)OCO3)N1c1ccc(Cl)cn1)N1CCCCC1. The van der Waals surface area contributed by atoms with Crippen molar-refractivity contribution in [1.29, 1.82) is 0 Å². The lowest BCUT2D eigenvalue weighted by Crippen LogP contribution is -2.48. The molecule has 1 aromatic carbocycles. The zero-order valence-electron chi connectivity index (χ0n) is 16.0. The number of anilines is 1. The van der Waals surface area contributed by atoms with Crippen molar-refractivity contribution in [1.82, 2.24) is 9.88 Å². The number of hydrogen-bond donors (Lipinski definition) is 0. The third-order valence-corrected chi connectivity index (χ3v) is 5.93. The van der Waals surface area contributed by atoms with E-state index in [1.807, 2.05) is 35.2 Å². The van der Waals surface area contributed by atoms with Gasteiger partial charge in [0.1, 0.15) is 11.9 Å². The smallest absolute Gasteiger partial charge is 0.249 e. The molecule has 1 amide bonds. The molecule has 0 bridgehead atoms. The first-order valence-electron chi connectivity index (χ1n) is 9.97. The molecule has 29 heavy (non-hydrogen) atoms. The highest BCUT2D eigenvalue weighted by atomic mass is 35.5. The van der Waals surface area contributed by atoms with Gasteiger partial charge in [0, 0.05) is 19.3 Å². The second-order valence-corrected chi connectivity index (χ2v) is 7.95. The van der Waals surface area contributed by atoms with Gasteiger partial charge in [-0.25, -0.2) is 4.98 Å². The topological polar surface area (TPSA) is 54.9 Å². The molecule has 0 spiro atoms. The predicted molar refractivity (Wildman–Crippen MR) is 110 cm³/mol. The van der Waals surface area contributed by atoms with Crippen LogP contribution < -0.4 is 14.4 Å². The van der Waals surface area contributed by atoms with E-state index in [9.17, 15) is 4.79 Å². The summed E-state index contributed by atoms with van der Waals surface area (Å²) in [6.45, 7) is 1.87. The van der Waals surface area contributed by atoms with E-state index < -0.39 is 6.04 Å². The zero-order chi connectivity index (χ0) is 19.8. The van der Waals surface area contributed by atoms with Crippen LogP contribution in [0.15, 0.2) is 48.7 Å². The fraction of sp³-hybridized carbons (Fsp3) is 0.364. The fourth-order valence-corrected chi connectivity index (χ4v) is 4.36. The molecule has 1 aromatic heterocycles. The Hall–Kier alpha value is -2.73. The summed E-state index contributed by atoms with van der Waals surface area (Å²) in [6, 6.07) is 9.06. The highest BCUT2D eigenvalue weighted by Crippen LogP contribution is 2.40. The zero-order valence-corrected chi connectivity index (χ0v) is 16.7. The molecule has 0 radical (unpaired) electrons. The van der Waals surface area contributed by atoms with Crippen LogP contribution in [0.4, 0.5) is 5.82 Å². The molecule has 1 fully saturated rings. The lowest BCUT2D eigenvalue weighted by atomic mass is 10.1. The van der Waals surface area contributed by atoms with Gasteiger partial charge in [0.2, 0.25) is 12.7 Å². The van der Waals surface area contributed by atoms with E-state index >= 15 is 0 Å². The van der Waals surface area contributed by atoms with Crippen LogP contribution in [0, 0.1) is 0 Å². The summed E-state index contributed by atoms with van der Waals surface area (Å²) in [7, 11) is 0. The van der Waals surface area contributed by atoms with E-state index in [0.29, 0.717) is 5.02 Å². The number of benzene rings is 1. The number of rotatable bonds is 3. The summed E-state index contributed by atoms with van der Waals surface area (Å²) in [4.78, 5) is 21.9. The van der Waals surface area contributed by atoms with Gasteiger partial charge < -0.3 is 19.3 Å². The van der Waals surface area contributed by atoms with Crippen molar-refractivity contribution < 1.29 is 14.3 Å². The maximum absolute atomic E-state index is 13.3. The maximum Gasteiger partial charge on any atom is 0.249 e. The Labute approximate surface area is 174 Å². The first-order valence-corrected chi connectivity index (χ1v) is 10.3. The Morgan fingerprint density at radius 3 is 2.66 bits per heavy atom. The highest BCUT2D eigenvalue weighted by Gasteiger charge is 2.38. The molecule has 2 atom stereocenters. The van der Waals surface area contributed by atoms with Gasteiger partial charge in [0.15, 0.2) is 11.5 Å². The van der Waals surface area contributed by atoms with E-state index in [-0.39, 0.29) is 18.7 Å². The molecule has 7 heteroatoms. The van der Waals surface area contributed by atoms with Gasteiger partial charge in [-0.2, -0.15) is 0 Å². The Morgan fingerprint density at radius 2 is 1.86 bits per heavy atom. The largest absolute Gasteiger partial charge is 0.454 e. The summed E-state index contributed by atoms with van der Waals surface area (Å²) >= 11 is 6.05. The fourth-order valence-electron chi connectivity index (χ4n) is 4.25. The predicted octanol–water partition coefficient (Wildman–Crippen LogP) is 3.96. The maximum atomic E-state index is 13.3. The van der Waals surface area contributed by atoms with Crippen molar-refractivity contribution in [2.45, 2.75) is 31.3 Å². The van der Waals surface area contributed by atoms with Crippen LogP contribution in [0.5, 0.6) is 11.5 Å². The number of aromatic nitrogens is 1. The number of halogens is 1. The molecule has 0 unspecified atom stereocenters. The van der Waals surface area contributed by atoms with Crippen molar-refractivity contribution in [3.8, 4) is 11.5 Å². The lowest BCUT2D eigenvalue weighted by Gasteiger charge is -2.35. The quantitative estimate of drug-likeness (QED) is 0.715. The molecular weight excluding hydrogens is 390 g/mol. The monoisotopic (exact) mass is 411 g/mol. The molecular formula is C22H22ClN3O3. The van der Waals surface area contributed by atoms with Gasteiger partial charge in [-0.1, -0.05) is 29.8 Å². The summed E-state index contributed by atoms with van der Waals surface area (Å²) in [5.74, 6) is 2.32. The number of hydrogen-bond acceptors (Lipinski definition) is 5. The van der Waals surface area contributed by atoms with Crippen LogP contribution in [0.1, 0.15) is 30.9 Å². The normalized spacial score (nSPS) is 22.9. The molecule has 0 saturated carbocycles. The van der Waals surface area contributed by atoms with Crippen molar-refractivity contribution in [2.75, 3.05) is 24.8 Å². The average molecular weight is 412 g/mol. The second kappa shape index (κ2) is 7.59. The van der Waals surface area contributed by atoms with Gasteiger partial charge >= 0.3 is 0 Å². The van der Waals surface area contributed by atoms with Crippen LogP contribution in [0.3, 0.4) is 0 Å². The number of nitrogens with zero attached hydrogens (tertiary/aromatic N) is 3. The van der Waals surface area contributed by atoms with Crippen LogP contribution in [-0.2, 0) is 4.79 Å². The molecule has 0 aliphatic carbocycles. The Morgan fingerprint density at radius 1 is 1.03 bits per heavy atom. The van der Waals surface area contributed by atoms with E-state index in [1.165, 1.54) is 6.42 Å². The van der Waals surface area contributed by atoms with Crippen LogP contribution in [0.25, 0.3) is 0 Å². The minimum Gasteiger partial charge on any atom is -0.454 e. The molecule has 6 nitrogen and oxygen atoms in total. The first-order chi connectivity index (χ1) is 14.2. The Bertz CT molecular complexity index is 941. The van der Waals surface area contributed by atoms with E-state index in [1.54, 1.807) is 12.3 Å². The second-order valence-electron chi connectivity index (χ2n) is 7.52. The molecule has 3 aliphatic heterocycles. The molecule has 3 aliphatic rings. The third-order valence-electron chi connectivity index (χ3n) is 5.71. The molecule has 0 N–H and O–H groups in total. The minimum atomic E-state index is -0.391. The lowest BCUT2D eigenvalue weighted by molar-refractivity contribution is -0.132. The van der Waals surface area contributed by atoms with Crippen molar-refractivity contribution in [3.63, 3.8) is 0 Å². The molecule has 5 rings (SSSR count). The van der Waals surface area contributed by atoms with Gasteiger partial charge in [0.05, 0.1) is 11.1 Å². The summed E-state index contributed by atoms with van der Waals surface area (Å²) in [6.07, 6.45) is 8.99. The number of pyridine rings is 1. The molecule has 2 aromatic rings. The van der Waals surface area contributed by atoms with Gasteiger partial charge in [0.25, 0.3) is 0 Å². The molecule has 4 heterocycles. The van der Waals surface area contributed by atoms with Gasteiger partial charge in [-0.15, -0.1) is 0 Å². The first kappa shape index (κ1) is 18.3. The number of amides is 1. The third kappa shape index (κ3) is 3.42. The van der Waals surface area contributed by atoms with Crippen molar-refractivity contribution >= 4 is 23.3 Å². The van der Waals surface area contributed by atoms with E-state index in [2.05, 4.69) is 16.0 Å². The Kier molecular flexibility index (Phi) is 4.79. The van der Waals surface area contributed by atoms with Gasteiger partial charge in [-0.3, -0.25) is 4.79 Å². The highest BCUT2D eigenvalue weighted by molar-refractivity contribution is 6.30. The number of carbonyl (C=O) groups excluding carboxylic acids is 1. The summed E-state index contributed by atoms with van der Waals surface area (Å²) < 4.78 is 11.0. The number of piperidine rings is 1. The van der Waals surface area contributed by atoms with Crippen LogP contribution in [-0.4, -0.2) is 41.7 Å². The number of carbonyl (C=O) groups is 1. The minimum absolute atomic E-state index is 0.126. The number of fused-ring (bicyclic) bond motifs is 1. The van der Waals surface area contributed by atoms with E-state index in [4.69, 9.17) is 21.1 Å². The number of likely N-dealkylation sites (tertiary alicyclic amines) is 1. The van der Waals surface area contributed by atoms with Crippen LogP contribution >= 0.6 is 11.6 Å². The summed E-state index contributed by atoms with van der Waals surface area (Å²) in [5, 5.41) is 0.569. The van der Waals surface area contributed by atoms with Crippen molar-refractivity contribution in [2.24, 2.45) is 0 Å². The average Bonchev–Trinajstić information content (AvgIpc) is 3.41. The molecule has 1 saturated heterocycles. The van der Waals surface area contributed by atoms with Gasteiger partial charge in [-0.05, 0) is 49.1 Å². The Balaban J connectivity index is 1.50. The standard InChI is InChI=1S/C22H22ClN3O3/c23-16-5-9-21(24-13-16)26-17(15-4-8-19-20(12-15)29-14-28-19)6-7-18(26)22(27)25-10-2-1-3-11-25/h4-9,12-13,17-18H,1-3,10-11,14H2/t17-,18-/m1/s1. The van der Waals surface area contributed by atoms with Crippen LogP contribution in [0.2, 0.25) is 5.02 Å². The molecule has 150 valence electrons. The number of ether oxygens (including phenoxy) is 2. The van der Waals surface area contributed by atoms with Crippen molar-refractivity contribution in [3.05, 3.63) is 59.3 Å². The van der Waals surface area contributed by atoms with E-state index in [0.717, 1.165) is 48.8 Å². The summed E-state index contributed by atoms with van der Waals surface area (Å²) in [5.41, 5.74) is 1.02.